The summed E-state index contributed by atoms with van der Waals surface area (Å²) in [6.07, 6.45) is 3.52. The van der Waals surface area contributed by atoms with Crippen LogP contribution in [0.1, 0.15) is 21.5 Å². The lowest BCUT2D eigenvalue weighted by atomic mass is 10.1. The highest BCUT2D eigenvalue weighted by Gasteiger charge is 2.21. The zero-order chi connectivity index (χ0) is 12.5. The molecule has 0 aliphatic carbocycles. The fraction of sp³-hybridized carbons (Fsp3) is 0.200. The molecule has 0 radical (unpaired) electrons. The smallest absolute Gasteiger partial charge is 0.151 e. The van der Waals surface area contributed by atoms with Crippen LogP contribution in [-0.2, 0) is 6.42 Å². The van der Waals surface area contributed by atoms with Crippen LogP contribution < -0.4 is 4.90 Å². The van der Waals surface area contributed by atoms with E-state index in [-0.39, 0.29) is 0 Å². The van der Waals surface area contributed by atoms with Crippen molar-refractivity contribution in [1.82, 2.24) is 4.98 Å². The van der Waals surface area contributed by atoms with Crippen LogP contribution >= 0.6 is 0 Å². The molecule has 3 rings (SSSR count). The second kappa shape index (κ2) is 4.26. The van der Waals surface area contributed by atoms with E-state index in [1.807, 2.05) is 19.1 Å². The van der Waals surface area contributed by atoms with Gasteiger partial charge in [-0.1, -0.05) is 18.2 Å². The van der Waals surface area contributed by atoms with Crippen molar-refractivity contribution in [2.75, 3.05) is 11.4 Å². The normalized spacial score (nSPS) is 13.5. The van der Waals surface area contributed by atoms with Crippen molar-refractivity contribution in [2.45, 2.75) is 13.3 Å². The summed E-state index contributed by atoms with van der Waals surface area (Å²) in [7, 11) is 0. The molecule has 1 aromatic carbocycles. The Morgan fingerprint density at radius 3 is 2.94 bits per heavy atom. The van der Waals surface area contributed by atoms with Gasteiger partial charge < -0.3 is 4.90 Å². The SMILES string of the molecule is Cc1cc(C=O)cnc1N1CCc2ccccc21. The molecular weight excluding hydrogens is 224 g/mol. The molecule has 18 heavy (non-hydrogen) atoms. The highest BCUT2D eigenvalue weighted by Crippen LogP contribution is 2.34. The van der Waals surface area contributed by atoms with Crippen LogP contribution in [-0.4, -0.2) is 17.8 Å². The Morgan fingerprint density at radius 2 is 2.17 bits per heavy atom. The average Bonchev–Trinajstić information content (AvgIpc) is 2.82. The average molecular weight is 238 g/mol. The van der Waals surface area contributed by atoms with E-state index in [0.717, 1.165) is 30.6 Å². The first-order valence-corrected chi connectivity index (χ1v) is 6.07. The predicted octanol–water partition coefficient (Wildman–Crippen LogP) is 2.90. The van der Waals surface area contributed by atoms with Crippen molar-refractivity contribution in [1.29, 1.82) is 0 Å². The molecule has 1 aromatic heterocycles. The lowest BCUT2D eigenvalue weighted by molar-refractivity contribution is 0.112. The van der Waals surface area contributed by atoms with Crippen LogP contribution in [0.4, 0.5) is 11.5 Å². The number of para-hydroxylation sites is 1. The molecule has 0 spiro atoms. The zero-order valence-corrected chi connectivity index (χ0v) is 10.3. The number of aldehydes is 1. The summed E-state index contributed by atoms with van der Waals surface area (Å²) in [6, 6.07) is 10.3. The number of pyridine rings is 1. The second-order valence-corrected chi connectivity index (χ2v) is 4.56. The quantitative estimate of drug-likeness (QED) is 0.754. The summed E-state index contributed by atoms with van der Waals surface area (Å²) in [6.45, 7) is 2.95. The highest BCUT2D eigenvalue weighted by atomic mass is 16.1. The summed E-state index contributed by atoms with van der Waals surface area (Å²) >= 11 is 0. The summed E-state index contributed by atoms with van der Waals surface area (Å²) in [5.74, 6) is 0.950. The molecule has 0 saturated heterocycles. The molecule has 1 aliphatic heterocycles. The lowest BCUT2D eigenvalue weighted by Crippen LogP contribution is -2.16. The third-order valence-corrected chi connectivity index (χ3v) is 3.35. The third kappa shape index (κ3) is 1.68. The number of aryl methyl sites for hydroxylation is 1. The molecule has 0 amide bonds. The number of rotatable bonds is 2. The maximum absolute atomic E-state index is 10.7. The van der Waals surface area contributed by atoms with Gasteiger partial charge in [-0.25, -0.2) is 4.98 Å². The molecule has 0 atom stereocenters. The minimum atomic E-state index is 0.628. The monoisotopic (exact) mass is 238 g/mol. The first-order chi connectivity index (χ1) is 8.79. The topological polar surface area (TPSA) is 33.2 Å². The molecule has 0 fully saturated rings. The number of anilines is 2. The standard InChI is InChI=1S/C15H14N2O/c1-11-8-12(10-18)9-16-15(11)17-7-6-13-4-2-3-5-14(13)17/h2-5,8-10H,6-7H2,1H3. The highest BCUT2D eigenvalue weighted by molar-refractivity contribution is 5.77. The van der Waals surface area contributed by atoms with Gasteiger partial charge in [0.15, 0.2) is 6.29 Å². The summed E-state index contributed by atoms with van der Waals surface area (Å²) in [4.78, 5) is 17.4. The van der Waals surface area contributed by atoms with Gasteiger partial charge in [0.1, 0.15) is 5.82 Å². The fourth-order valence-electron chi connectivity index (χ4n) is 2.49. The minimum absolute atomic E-state index is 0.628. The molecule has 2 aromatic rings. The molecule has 90 valence electrons. The van der Waals surface area contributed by atoms with Crippen molar-refractivity contribution in [3.8, 4) is 0 Å². The molecular formula is C15H14N2O. The zero-order valence-electron chi connectivity index (χ0n) is 10.3. The predicted molar refractivity (Wildman–Crippen MR) is 71.5 cm³/mol. The van der Waals surface area contributed by atoms with Crippen molar-refractivity contribution < 1.29 is 4.79 Å². The molecule has 3 nitrogen and oxygen atoms in total. The summed E-state index contributed by atoms with van der Waals surface area (Å²) in [5.41, 5.74) is 4.25. The van der Waals surface area contributed by atoms with Gasteiger partial charge in [0.25, 0.3) is 0 Å². The Bertz CT molecular complexity index is 607. The maximum Gasteiger partial charge on any atom is 0.151 e. The number of benzene rings is 1. The van der Waals surface area contributed by atoms with Gasteiger partial charge in [0.05, 0.1) is 0 Å². The van der Waals surface area contributed by atoms with E-state index in [0.29, 0.717) is 5.56 Å². The number of nitrogens with zero attached hydrogens (tertiary/aromatic N) is 2. The molecule has 0 saturated carbocycles. The first kappa shape index (κ1) is 11.0. The lowest BCUT2D eigenvalue weighted by Gasteiger charge is -2.20. The number of carbonyl (C=O) groups is 1. The van der Waals surface area contributed by atoms with Crippen molar-refractivity contribution >= 4 is 17.8 Å². The van der Waals surface area contributed by atoms with Gasteiger partial charge in [0.2, 0.25) is 0 Å². The fourth-order valence-corrected chi connectivity index (χ4v) is 2.49. The van der Waals surface area contributed by atoms with E-state index in [4.69, 9.17) is 0 Å². The molecule has 0 unspecified atom stereocenters. The van der Waals surface area contributed by atoms with E-state index in [1.165, 1.54) is 11.3 Å². The van der Waals surface area contributed by atoms with E-state index in [9.17, 15) is 4.79 Å². The second-order valence-electron chi connectivity index (χ2n) is 4.56. The van der Waals surface area contributed by atoms with Crippen molar-refractivity contribution in [2.24, 2.45) is 0 Å². The van der Waals surface area contributed by atoms with Crippen LogP contribution in [0.2, 0.25) is 0 Å². The van der Waals surface area contributed by atoms with E-state index >= 15 is 0 Å². The van der Waals surface area contributed by atoms with Gasteiger partial charge >= 0.3 is 0 Å². The van der Waals surface area contributed by atoms with Crippen LogP contribution in [0.15, 0.2) is 36.5 Å². The maximum atomic E-state index is 10.7. The van der Waals surface area contributed by atoms with Gasteiger partial charge in [0, 0.05) is 24.0 Å². The Kier molecular flexibility index (Phi) is 2.59. The van der Waals surface area contributed by atoms with Gasteiger partial charge in [-0.05, 0) is 36.6 Å². The summed E-state index contributed by atoms with van der Waals surface area (Å²) < 4.78 is 0. The molecule has 3 heteroatoms. The Morgan fingerprint density at radius 1 is 1.33 bits per heavy atom. The van der Waals surface area contributed by atoms with Gasteiger partial charge in [-0.2, -0.15) is 0 Å². The van der Waals surface area contributed by atoms with Gasteiger partial charge in [-0.15, -0.1) is 0 Å². The Balaban J connectivity index is 2.05. The number of hydrogen-bond acceptors (Lipinski definition) is 3. The van der Waals surface area contributed by atoms with Crippen LogP contribution in [0.25, 0.3) is 0 Å². The van der Waals surface area contributed by atoms with Crippen molar-refractivity contribution in [3.05, 3.63) is 53.2 Å². The number of carbonyl (C=O) groups excluding carboxylic acids is 1. The minimum Gasteiger partial charge on any atom is -0.326 e. The van der Waals surface area contributed by atoms with Crippen LogP contribution in [0.3, 0.4) is 0 Å². The Hall–Kier alpha value is -2.16. The van der Waals surface area contributed by atoms with Crippen LogP contribution in [0, 0.1) is 6.92 Å². The van der Waals surface area contributed by atoms with Crippen molar-refractivity contribution in [3.63, 3.8) is 0 Å². The van der Waals surface area contributed by atoms with E-state index in [1.54, 1.807) is 6.20 Å². The number of hydrogen-bond donors (Lipinski definition) is 0. The van der Waals surface area contributed by atoms with Crippen LogP contribution in [0.5, 0.6) is 0 Å². The number of fused-ring (bicyclic) bond motifs is 1. The van der Waals surface area contributed by atoms with E-state index in [2.05, 4.69) is 28.1 Å². The molecule has 0 N–H and O–H groups in total. The number of aromatic nitrogens is 1. The third-order valence-electron chi connectivity index (χ3n) is 3.35. The first-order valence-electron chi connectivity index (χ1n) is 6.07. The largest absolute Gasteiger partial charge is 0.326 e. The molecule has 2 heterocycles. The Labute approximate surface area is 106 Å². The van der Waals surface area contributed by atoms with Gasteiger partial charge in [-0.3, -0.25) is 4.79 Å². The summed E-state index contributed by atoms with van der Waals surface area (Å²) in [5, 5.41) is 0. The van der Waals surface area contributed by atoms with E-state index < -0.39 is 0 Å². The molecule has 1 aliphatic rings. The molecule has 0 bridgehead atoms.